The molecule has 3 atom stereocenters. The fraction of sp³-hybridized carbons (Fsp3) is 0.440. The first kappa shape index (κ1) is 19.2. The minimum absolute atomic E-state index is 0.196. The molecule has 5 heteroatoms. The molecule has 2 heterocycles. The molecule has 1 spiro atoms. The number of rotatable bonds is 3. The highest BCUT2D eigenvalue weighted by Gasteiger charge is 2.58. The summed E-state index contributed by atoms with van der Waals surface area (Å²) in [5.41, 5.74) is 2.87. The molecular weight excluding hydrogens is 378 g/mol. The van der Waals surface area contributed by atoms with E-state index < -0.39 is 5.97 Å². The number of benzene rings is 1. The second-order valence-corrected chi connectivity index (χ2v) is 8.60. The summed E-state index contributed by atoms with van der Waals surface area (Å²) in [7, 11) is 1.68. The normalized spacial score (nSPS) is 26.9. The van der Waals surface area contributed by atoms with Gasteiger partial charge < -0.3 is 14.2 Å². The van der Waals surface area contributed by atoms with Crippen LogP contribution in [0, 0.1) is 5.92 Å². The van der Waals surface area contributed by atoms with Crippen LogP contribution >= 0.6 is 0 Å². The van der Waals surface area contributed by atoms with E-state index in [4.69, 9.17) is 14.2 Å². The summed E-state index contributed by atoms with van der Waals surface area (Å²) in [5.74, 6) is 2.20. The molecule has 0 N–H and O–H groups in total. The maximum absolute atomic E-state index is 12.8. The minimum Gasteiger partial charge on any atom is -0.493 e. The molecule has 30 heavy (non-hydrogen) atoms. The van der Waals surface area contributed by atoms with Crippen LogP contribution in [0.15, 0.2) is 48.5 Å². The Labute approximate surface area is 177 Å². The molecule has 3 aliphatic rings. The van der Waals surface area contributed by atoms with E-state index in [9.17, 15) is 4.79 Å². The summed E-state index contributed by atoms with van der Waals surface area (Å²) >= 11 is 0. The number of pyridine rings is 1. The molecule has 156 valence electrons. The van der Waals surface area contributed by atoms with Gasteiger partial charge in [-0.2, -0.15) is 0 Å². The van der Waals surface area contributed by atoms with E-state index in [-0.39, 0.29) is 11.5 Å². The maximum Gasteiger partial charge on any atom is 0.344 e. The van der Waals surface area contributed by atoms with Gasteiger partial charge in [0.2, 0.25) is 0 Å². The third-order valence-electron chi connectivity index (χ3n) is 7.05. The van der Waals surface area contributed by atoms with Gasteiger partial charge in [0.15, 0.2) is 17.6 Å². The number of aromatic nitrogens is 1. The topological polar surface area (TPSA) is 57.7 Å². The van der Waals surface area contributed by atoms with Crippen LogP contribution in [0.5, 0.6) is 11.5 Å². The second-order valence-electron chi connectivity index (χ2n) is 8.60. The summed E-state index contributed by atoms with van der Waals surface area (Å²) < 4.78 is 18.2. The van der Waals surface area contributed by atoms with Crippen molar-refractivity contribution in [3.63, 3.8) is 0 Å². The second kappa shape index (κ2) is 7.46. The zero-order valence-electron chi connectivity index (χ0n) is 17.5. The van der Waals surface area contributed by atoms with Gasteiger partial charge in [0.05, 0.1) is 12.7 Å². The van der Waals surface area contributed by atoms with E-state index >= 15 is 0 Å². The summed E-state index contributed by atoms with van der Waals surface area (Å²) in [6.07, 6.45) is 11.4. The molecule has 0 radical (unpaired) electrons. The van der Waals surface area contributed by atoms with Crippen LogP contribution in [0.3, 0.4) is 0 Å². The first-order valence-electron chi connectivity index (χ1n) is 10.8. The lowest BCUT2D eigenvalue weighted by Gasteiger charge is -2.44. The van der Waals surface area contributed by atoms with Crippen molar-refractivity contribution in [1.82, 2.24) is 4.98 Å². The van der Waals surface area contributed by atoms with Crippen molar-refractivity contribution in [3.05, 3.63) is 65.2 Å². The molecule has 0 saturated carbocycles. The smallest absolute Gasteiger partial charge is 0.344 e. The average molecular weight is 405 g/mol. The molecule has 0 bridgehead atoms. The van der Waals surface area contributed by atoms with Gasteiger partial charge in [-0.3, -0.25) is 4.98 Å². The van der Waals surface area contributed by atoms with Gasteiger partial charge in [-0.25, -0.2) is 4.79 Å². The van der Waals surface area contributed by atoms with Crippen LogP contribution in [0.1, 0.15) is 60.5 Å². The van der Waals surface area contributed by atoms with Gasteiger partial charge in [-0.15, -0.1) is 0 Å². The Bertz CT molecular complexity index is 1000. The average Bonchev–Trinajstić information content (AvgIpc) is 3.11. The van der Waals surface area contributed by atoms with Gasteiger partial charge >= 0.3 is 5.97 Å². The van der Waals surface area contributed by atoms with Gasteiger partial charge in [-0.1, -0.05) is 25.8 Å². The standard InChI is InChI=1S/C25H27NO4/c1-16-9-11-20(29-24(27)18-8-6-14-26-15-18)23-25(16)13-5-3-4-7-17-10-12-19(28-2)22(30-23)21(17)25/h6,8,10-12,14-16,23H,3-5,7,9,13H2,1-2H3. The number of methoxy groups -OCH3 is 1. The van der Waals surface area contributed by atoms with E-state index in [0.717, 1.165) is 37.2 Å². The third-order valence-corrected chi connectivity index (χ3v) is 7.05. The molecule has 5 nitrogen and oxygen atoms in total. The molecule has 2 aliphatic carbocycles. The van der Waals surface area contributed by atoms with E-state index in [2.05, 4.69) is 18.0 Å². The van der Waals surface area contributed by atoms with Crippen LogP contribution in [-0.4, -0.2) is 24.2 Å². The number of hydrogen-bond acceptors (Lipinski definition) is 5. The van der Waals surface area contributed by atoms with Crippen molar-refractivity contribution in [2.24, 2.45) is 5.92 Å². The lowest BCUT2D eigenvalue weighted by molar-refractivity contribution is 0.0323. The highest BCUT2D eigenvalue weighted by molar-refractivity contribution is 5.89. The van der Waals surface area contributed by atoms with Gasteiger partial charge in [0, 0.05) is 23.4 Å². The molecule has 5 rings (SSSR count). The molecule has 1 aliphatic heterocycles. The first-order chi connectivity index (χ1) is 14.6. The number of carbonyl (C=O) groups excluding carboxylic acids is 1. The predicted octanol–water partition coefficient (Wildman–Crippen LogP) is 4.99. The number of nitrogens with zero attached hydrogens (tertiary/aromatic N) is 1. The van der Waals surface area contributed by atoms with Crippen molar-refractivity contribution in [2.45, 2.75) is 57.0 Å². The highest BCUT2D eigenvalue weighted by Crippen LogP contribution is 2.60. The molecule has 0 fully saturated rings. The van der Waals surface area contributed by atoms with E-state index in [1.54, 1.807) is 25.4 Å². The number of ether oxygens (including phenoxy) is 3. The molecular formula is C25H27NO4. The molecule has 3 unspecified atom stereocenters. The lowest BCUT2D eigenvalue weighted by atomic mass is 9.60. The largest absolute Gasteiger partial charge is 0.493 e. The molecule has 1 aromatic heterocycles. The van der Waals surface area contributed by atoms with E-state index in [1.165, 1.54) is 30.2 Å². The summed E-state index contributed by atoms with van der Waals surface area (Å²) in [5, 5.41) is 0. The Morgan fingerprint density at radius 1 is 1.23 bits per heavy atom. The molecule has 1 aromatic carbocycles. The van der Waals surface area contributed by atoms with Crippen molar-refractivity contribution in [3.8, 4) is 11.5 Å². The van der Waals surface area contributed by atoms with Crippen molar-refractivity contribution in [2.75, 3.05) is 7.11 Å². The summed E-state index contributed by atoms with van der Waals surface area (Å²) in [4.78, 5) is 16.8. The fourth-order valence-corrected chi connectivity index (χ4v) is 5.54. The monoisotopic (exact) mass is 405 g/mol. The van der Waals surface area contributed by atoms with Crippen LogP contribution in [-0.2, 0) is 16.6 Å². The molecule has 2 aromatic rings. The maximum atomic E-state index is 12.8. The van der Waals surface area contributed by atoms with Gasteiger partial charge in [0.25, 0.3) is 0 Å². The van der Waals surface area contributed by atoms with E-state index in [1.807, 2.05) is 12.1 Å². The van der Waals surface area contributed by atoms with Crippen LogP contribution < -0.4 is 9.47 Å². The fourth-order valence-electron chi connectivity index (χ4n) is 5.54. The van der Waals surface area contributed by atoms with Crippen LogP contribution in [0.25, 0.3) is 0 Å². The minimum atomic E-state index is -0.392. The highest BCUT2D eigenvalue weighted by atomic mass is 16.6. The zero-order chi connectivity index (χ0) is 20.7. The Morgan fingerprint density at radius 3 is 2.93 bits per heavy atom. The molecule has 0 saturated heterocycles. The number of allylic oxidation sites excluding steroid dienone is 1. The lowest BCUT2D eigenvalue weighted by Crippen LogP contribution is -2.48. The summed E-state index contributed by atoms with van der Waals surface area (Å²) in [6.45, 7) is 2.30. The number of hydrogen-bond donors (Lipinski definition) is 0. The SMILES string of the molecule is COc1ccc2c3c1OC1C(OC(=O)c4cccnc4)=CCC(C)C31CCCCC2. The Morgan fingerprint density at radius 2 is 2.13 bits per heavy atom. The van der Waals surface area contributed by atoms with Crippen molar-refractivity contribution >= 4 is 5.97 Å². The summed E-state index contributed by atoms with van der Waals surface area (Å²) in [6, 6.07) is 7.67. The third kappa shape index (κ3) is 2.83. The zero-order valence-corrected chi connectivity index (χ0v) is 17.5. The van der Waals surface area contributed by atoms with Crippen molar-refractivity contribution < 1.29 is 19.0 Å². The van der Waals surface area contributed by atoms with E-state index in [0.29, 0.717) is 17.2 Å². The van der Waals surface area contributed by atoms with Crippen LogP contribution in [0.2, 0.25) is 0 Å². The van der Waals surface area contributed by atoms with Crippen molar-refractivity contribution in [1.29, 1.82) is 0 Å². The van der Waals surface area contributed by atoms with Gasteiger partial charge in [-0.05, 0) is 61.4 Å². The van der Waals surface area contributed by atoms with Crippen LogP contribution in [0.4, 0.5) is 0 Å². The molecule has 0 amide bonds. The Balaban J connectivity index is 1.59. The Kier molecular flexibility index (Phi) is 4.76. The van der Waals surface area contributed by atoms with Gasteiger partial charge in [0.1, 0.15) is 5.76 Å². The number of esters is 1. The quantitative estimate of drug-likeness (QED) is 0.674. The number of aryl methyl sites for hydroxylation is 1. The Hall–Kier alpha value is -2.82. The first-order valence-corrected chi connectivity index (χ1v) is 10.8. The number of carbonyl (C=O) groups is 1. The predicted molar refractivity (Wildman–Crippen MR) is 113 cm³/mol.